The number of carbonyl (C=O) groups excluding carboxylic acids is 1. The summed E-state index contributed by atoms with van der Waals surface area (Å²) in [7, 11) is 0. The molecule has 1 amide bonds. The summed E-state index contributed by atoms with van der Waals surface area (Å²) < 4.78 is 0. The number of halogens is 1. The molecule has 1 atom stereocenters. The number of rotatable bonds is 7. The molecule has 3 nitrogen and oxygen atoms in total. The minimum Gasteiger partial charge on any atom is -0.355 e. The normalized spacial score (nSPS) is 16.1. The summed E-state index contributed by atoms with van der Waals surface area (Å²) in [6, 6.07) is 7.80. The number of nitrogens with two attached hydrogens (primary N) is 1. The Hall–Kier alpha value is -0.710. The van der Waals surface area contributed by atoms with E-state index in [2.05, 4.69) is 5.32 Å². The Morgan fingerprint density at radius 3 is 2.89 bits per heavy atom. The van der Waals surface area contributed by atoms with Crippen LogP contribution < -0.4 is 11.1 Å². The van der Waals surface area contributed by atoms with Crippen molar-refractivity contribution in [2.75, 3.05) is 12.3 Å². The van der Waals surface area contributed by atoms with Gasteiger partial charge >= 0.3 is 0 Å². The predicted molar refractivity (Wildman–Crippen MR) is 80.5 cm³/mol. The van der Waals surface area contributed by atoms with Crippen LogP contribution in [-0.4, -0.2) is 24.2 Å². The van der Waals surface area contributed by atoms with Gasteiger partial charge < -0.3 is 11.1 Å². The number of amides is 1. The highest BCUT2D eigenvalue weighted by atomic mass is 35.5. The summed E-state index contributed by atoms with van der Waals surface area (Å²) >= 11 is 7.65. The number of hydrogen-bond acceptors (Lipinski definition) is 3. The van der Waals surface area contributed by atoms with Crippen molar-refractivity contribution in [3.63, 3.8) is 0 Å². The van der Waals surface area contributed by atoms with Crippen molar-refractivity contribution in [3.05, 3.63) is 29.3 Å². The van der Waals surface area contributed by atoms with E-state index < -0.39 is 0 Å². The molecule has 0 aromatic heterocycles. The highest BCUT2D eigenvalue weighted by Gasteiger charge is 2.28. The largest absolute Gasteiger partial charge is 0.355 e. The van der Waals surface area contributed by atoms with E-state index in [0.717, 1.165) is 15.7 Å². The van der Waals surface area contributed by atoms with E-state index in [1.165, 1.54) is 12.8 Å². The lowest BCUT2D eigenvalue weighted by Crippen LogP contribution is -2.38. The van der Waals surface area contributed by atoms with Gasteiger partial charge in [-0.3, -0.25) is 4.79 Å². The minimum atomic E-state index is 0.0654. The first-order valence-electron chi connectivity index (χ1n) is 6.56. The molecule has 0 bridgehead atoms. The molecule has 1 aromatic rings. The lowest BCUT2D eigenvalue weighted by molar-refractivity contribution is -0.120. The maximum atomic E-state index is 11.7. The summed E-state index contributed by atoms with van der Waals surface area (Å²) in [5.41, 5.74) is 5.93. The van der Waals surface area contributed by atoms with Gasteiger partial charge in [0.05, 0.1) is 5.02 Å². The van der Waals surface area contributed by atoms with Crippen LogP contribution in [0.3, 0.4) is 0 Å². The van der Waals surface area contributed by atoms with Crippen LogP contribution in [0.4, 0.5) is 0 Å². The average molecular weight is 299 g/mol. The zero-order chi connectivity index (χ0) is 13.7. The molecular formula is C14H19ClN2OS. The van der Waals surface area contributed by atoms with Gasteiger partial charge in [0.2, 0.25) is 5.91 Å². The molecule has 1 unspecified atom stereocenters. The topological polar surface area (TPSA) is 55.1 Å². The van der Waals surface area contributed by atoms with Gasteiger partial charge in [0.25, 0.3) is 0 Å². The summed E-state index contributed by atoms with van der Waals surface area (Å²) in [5, 5.41) is 3.63. The number of hydrogen-bond donors (Lipinski definition) is 2. The van der Waals surface area contributed by atoms with Crippen molar-refractivity contribution in [1.29, 1.82) is 0 Å². The van der Waals surface area contributed by atoms with Crippen LogP contribution in [0.5, 0.6) is 0 Å². The average Bonchev–Trinajstić information content (AvgIpc) is 3.22. The van der Waals surface area contributed by atoms with Gasteiger partial charge in [0.1, 0.15) is 0 Å². The van der Waals surface area contributed by atoms with Crippen molar-refractivity contribution in [3.8, 4) is 0 Å². The van der Waals surface area contributed by atoms with Crippen molar-refractivity contribution in [2.45, 2.75) is 30.2 Å². The van der Waals surface area contributed by atoms with E-state index in [1.807, 2.05) is 24.3 Å². The quantitative estimate of drug-likeness (QED) is 0.761. The fourth-order valence-corrected chi connectivity index (χ4v) is 3.01. The lowest BCUT2D eigenvalue weighted by atomic mass is 10.2. The minimum absolute atomic E-state index is 0.0654. The number of nitrogens with one attached hydrogen (secondary N) is 1. The lowest BCUT2D eigenvalue weighted by Gasteiger charge is -2.11. The SMILES string of the molecule is NC(CNC(=O)CCSc1ccccc1Cl)C1CC1. The van der Waals surface area contributed by atoms with E-state index in [0.29, 0.717) is 18.9 Å². The first-order chi connectivity index (χ1) is 9.16. The number of thioether (sulfide) groups is 1. The second-order valence-electron chi connectivity index (χ2n) is 4.83. The highest BCUT2D eigenvalue weighted by molar-refractivity contribution is 7.99. The third kappa shape index (κ3) is 5.05. The molecule has 0 heterocycles. The molecule has 1 fully saturated rings. The molecule has 1 aromatic carbocycles. The van der Waals surface area contributed by atoms with Crippen LogP contribution >= 0.6 is 23.4 Å². The van der Waals surface area contributed by atoms with Crippen molar-refractivity contribution in [2.24, 2.45) is 11.7 Å². The zero-order valence-corrected chi connectivity index (χ0v) is 12.3. The number of benzene rings is 1. The molecular weight excluding hydrogens is 280 g/mol. The standard InChI is InChI=1S/C14H19ClN2OS/c15-11-3-1-2-4-13(11)19-8-7-14(18)17-9-12(16)10-5-6-10/h1-4,10,12H,5-9,16H2,(H,17,18). The van der Waals surface area contributed by atoms with Crippen LogP contribution in [-0.2, 0) is 4.79 Å². The first kappa shape index (κ1) is 14.7. The smallest absolute Gasteiger partial charge is 0.220 e. The summed E-state index contributed by atoms with van der Waals surface area (Å²) in [4.78, 5) is 12.7. The molecule has 0 spiro atoms. The monoisotopic (exact) mass is 298 g/mol. The van der Waals surface area contributed by atoms with Crippen LogP contribution in [0.2, 0.25) is 5.02 Å². The van der Waals surface area contributed by atoms with Crippen molar-refractivity contribution >= 4 is 29.3 Å². The Morgan fingerprint density at radius 1 is 1.47 bits per heavy atom. The third-order valence-corrected chi connectivity index (χ3v) is 4.70. The van der Waals surface area contributed by atoms with Crippen LogP contribution in [0.15, 0.2) is 29.2 Å². The molecule has 19 heavy (non-hydrogen) atoms. The van der Waals surface area contributed by atoms with Gasteiger partial charge in [0.15, 0.2) is 0 Å². The van der Waals surface area contributed by atoms with Crippen LogP contribution in [0.1, 0.15) is 19.3 Å². The Balaban J connectivity index is 1.62. The molecule has 0 saturated heterocycles. The Labute approximate surface area is 123 Å². The summed E-state index contributed by atoms with van der Waals surface area (Å²) in [6.45, 7) is 0.597. The van der Waals surface area contributed by atoms with E-state index in [-0.39, 0.29) is 11.9 Å². The summed E-state index contributed by atoms with van der Waals surface area (Å²) in [5.74, 6) is 1.42. The molecule has 104 valence electrons. The molecule has 1 aliphatic rings. The Bertz CT molecular complexity index is 437. The Morgan fingerprint density at radius 2 is 2.21 bits per heavy atom. The third-order valence-electron chi connectivity index (χ3n) is 3.19. The van der Waals surface area contributed by atoms with Gasteiger partial charge in [-0.25, -0.2) is 0 Å². The van der Waals surface area contributed by atoms with Gasteiger partial charge in [-0.05, 0) is 30.9 Å². The maximum absolute atomic E-state index is 11.7. The zero-order valence-electron chi connectivity index (χ0n) is 10.8. The van der Waals surface area contributed by atoms with Crippen molar-refractivity contribution in [1.82, 2.24) is 5.32 Å². The molecule has 1 aliphatic carbocycles. The van der Waals surface area contributed by atoms with Crippen LogP contribution in [0, 0.1) is 5.92 Å². The van der Waals surface area contributed by atoms with E-state index in [9.17, 15) is 4.79 Å². The maximum Gasteiger partial charge on any atom is 0.220 e. The Kier molecular flexibility index (Phi) is 5.55. The van der Waals surface area contributed by atoms with E-state index in [1.54, 1.807) is 11.8 Å². The van der Waals surface area contributed by atoms with E-state index in [4.69, 9.17) is 17.3 Å². The van der Waals surface area contributed by atoms with Gasteiger partial charge in [-0.15, -0.1) is 11.8 Å². The molecule has 3 N–H and O–H groups in total. The number of carbonyl (C=O) groups is 1. The molecule has 0 aliphatic heterocycles. The second kappa shape index (κ2) is 7.17. The fourth-order valence-electron chi connectivity index (χ4n) is 1.83. The molecule has 2 rings (SSSR count). The fraction of sp³-hybridized carbons (Fsp3) is 0.500. The van der Waals surface area contributed by atoms with Gasteiger partial charge in [0, 0.05) is 29.7 Å². The molecule has 5 heteroatoms. The molecule has 1 saturated carbocycles. The first-order valence-corrected chi connectivity index (χ1v) is 7.93. The highest BCUT2D eigenvalue weighted by Crippen LogP contribution is 2.31. The predicted octanol–water partition coefficient (Wildman–Crippen LogP) is 2.68. The second-order valence-corrected chi connectivity index (χ2v) is 6.38. The van der Waals surface area contributed by atoms with Crippen LogP contribution in [0.25, 0.3) is 0 Å². The van der Waals surface area contributed by atoms with E-state index >= 15 is 0 Å². The summed E-state index contributed by atoms with van der Waals surface area (Å²) in [6.07, 6.45) is 2.91. The van der Waals surface area contributed by atoms with Crippen molar-refractivity contribution < 1.29 is 4.79 Å². The van der Waals surface area contributed by atoms with Gasteiger partial charge in [-0.1, -0.05) is 23.7 Å². The van der Waals surface area contributed by atoms with Gasteiger partial charge in [-0.2, -0.15) is 0 Å². The molecule has 0 radical (unpaired) electrons.